The third kappa shape index (κ3) is 4.60. The molecule has 0 saturated heterocycles. The smallest absolute Gasteiger partial charge is 0.265 e. The van der Waals surface area contributed by atoms with E-state index in [1.54, 1.807) is 6.92 Å². The highest BCUT2D eigenvalue weighted by Crippen LogP contribution is 2.19. The first kappa shape index (κ1) is 15.6. The molecule has 0 fully saturated rings. The van der Waals surface area contributed by atoms with Gasteiger partial charge in [0.15, 0.2) is 6.10 Å². The second-order valence-electron chi connectivity index (χ2n) is 4.76. The molecule has 1 amide bonds. The van der Waals surface area contributed by atoms with Crippen LogP contribution in [0.15, 0.2) is 53.0 Å². The summed E-state index contributed by atoms with van der Waals surface area (Å²) in [5.41, 5.74) is 2.02. The van der Waals surface area contributed by atoms with Gasteiger partial charge in [-0.1, -0.05) is 41.1 Å². The van der Waals surface area contributed by atoms with Crippen molar-refractivity contribution in [3.8, 4) is 5.75 Å². The van der Waals surface area contributed by atoms with Crippen LogP contribution < -0.4 is 10.1 Å². The highest BCUT2D eigenvalue weighted by atomic mass is 79.9. The Morgan fingerprint density at radius 3 is 2.57 bits per heavy atom. The molecule has 1 unspecified atom stereocenters. The summed E-state index contributed by atoms with van der Waals surface area (Å²) in [6.45, 7) is 3.83. The van der Waals surface area contributed by atoms with Crippen LogP contribution in [0.4, 0.5) is 5.69 Å². The van der Waals surface area contributed by atoms with Crippen LogP contribution in [0.1, 0.15) is 19.4 Å². The van der Waals surface area contributed by atoms with Crippen LogP contribution in [0.2, 0.25) is 0 Å². The zero-order chi connectivity index (χ0) is 15.2. The van der Waals surface area contributed by atoms with Crippen molar-refractivity contribution in [1.82, 2.24) is 0 Å². The van der Waals surface area contributed by atoms with Gasteiger partial charge in [0.25, 0.3) is 5.91 Å². The second kappa shape index (κ2) is 7.27. The third-order valence-corrected chi connectivity index (χ3v) is 3.60. The van der Waals surface area contributed by atoms with Gasteiger partial charge in [0.05, 0.1) is 0 Å². The van der Waals surface area contributed by atoms with E-state index in [0.717, 1.165) is 16.6 Å². The third-order valence-electron chi connectivity index (χ3n) is 3.11. The number of carbonyl (C=O) groups is 1. The number of ether oxygens (including phenoxy) is 1. The van der Waals surface area contributed by atoms with Gasteiger partial charge < -0.3 is 10.1 Å². The monoisotopic (exact) mass is 347 g/mol. The summed E-state index contributed by atoms with van der Waals surface area (Å²) >= 11 is 3.38. The molecule has 0 saturated carbocycles. The van der Waals surface area contributed by atoms with Gasteiger partial charge in [-0.05, 0) is 49.2 Å². The van der Waals surface area contributed by atoms with Gasteiger partial charge in [-0.2, -0.15) is 0 Å². The normalized spacial score (nSPS) is 11.8. The van der Waals surface area contributed by atoms with Gasteiger partial charge in [-0.15, -0.1) is 0 Å². The minimum Gasteiger partial charge on any atom is -0.481 e. The quantitative estimate of drug-likeness (QED) is 0.869. The predicted octanol–water partition coefficient (Wildman–Crippen LogP) is 4.42. The Morgan fingerprint density at radius 2 is 1.95 bits per heavy atom. The van der Waals surface area contributed by atoms with Gasteiger partial charge >= 0.3 is 0 Å². The number of aryl methyl sites for hydroxylation is 1. The fourth-order valence-corrected chi connectivity index (χ4v) is 2.24. The number of amides is 1. The predicted molar refractivity (Wildman–Crippen MR) is 88.7 cm³/mol. The van der Waals surface area contributed by atoms with Gasteiger partial charge in [0, 0.05) is 10.2 Å². The van der Waals surface area contributed by atoms with E-state index in [9.17, 15) is 4.79 Å². The Kier molecular flexibility index (Phi) is 5.39. The minimum absolute atomic E-state index is 0.167. The summed E-state index contributed by atoms with van der Waals surface area (Å²) in [5.74, 6) is 0.493. The van der Waals surface area contributed by atoms with Crippen molar-refractivity contribution in [2.75, 3.05) is 5.32 Å². The number of benzene rings is 2. The van der Waals surface area contributed by atoms with E-state index >= 15 is 0 Å². The molecule has 0 aliphatic carbocycles. The first-order valence-corrected chi connectivity index (χ1v) is 7.70. The van der Waals surface area contributed by atoms with E-state index < -0.39 is 6.10 Å². The van der Waals surface area contributed by atoms with Crippen LogP contribution in [0, 0.1) is 0 Å². The highest BCUT2D eigenvalue weighted by Gasteiger charge is 2.14. The van der Waals surface area contributed by atoms with E-state index in [-0.39, 0.29) is 5.91 Å². The molecule has 110 valence electrons. The molecule has 0 radical (unpaired) electrons. The zero-order valence-corrected chi connectivity index (χ0v) is 13.7. The Hall–Kier alpha value is -1.81. The largest absolute Gasteiger partial charge is 0.481 e. The lowest BCUT2D eigenvalue weighted by atomic mass is 10.1. The maximum Gasteiger partial charge on any atom is 0.265 e. The molecule has 2 aromatic rings. The molecular formula is C17H18BrNO2. The van der Waals surface area contributed by atoms with Gasteiger partial charge in [0.2, 0.25) is 0 Å². The molecule has 0 aromatic heterocycles. The van der Waals surface area contributed by atoms with Crippen molar-refractivity contribution in [1.29, 1.82) is 0 Å². The fourth-order valence-electron chi connectivity index (χ4n) is 1.87. The Labute approximate surface area is 133 Å². The van der Waals surface area contributed by atoms with Crippen LogP contribution >= 0.6 is 15.9 Å². The van der Waals surface area contributed by atoms with E-state index in [2.05, 4.69) is 28.2 Å². The number of hydrogen-bond acceptors (Lipinski definition) is 2. The number of rotatable bonds is 5. The van der Waals surface area contributed by atoms with Crippen molar-refractivity contribution >= 4 is 27.5 Å². The average molecular weight is 348 g/mol. The maximum atomic E-state index is 12.1. The van der Waals surface area contributed by atoms with Crippen LogP contribution in [0.3, 0.4) is 0 Å². The van der Waals surface area contributed by atoms with Crippen LogP contribution in [0.5, 0.6) is 5.75 Å². The fraction of sp³-hybridized carbons (Fsp3) is 0.235. The molecule has 2 rings (SSSR count). The van der Waals surface area contributed by atoms with Gasteiger partial charge in [-0.3, -0.25) is 4.79 Å². The minimum atomic E-state index is -0.565. The van der Waals surface area contributed by atoms with Crippen LogP contribution in [-0.4, -0.2) is 12.0 Å². The summed E-state index contributed by atoms with van der Waals surface area (Å²) in [7, 11) is 0. The number of hydrogen-bond donors (Lipinski definition) is 1. The molecule has 0 aliphatic heterocycles. The van der Waals surface area contributed by atoms with Crippen LogP contribution in [0.25, 0.3) is 0 Å². The summed E-state index contributed by atoms with van der Waals surface area (Å²) in [4.78, 5) is 12.1. The first-order chi connectivity index (χ1) is 10.1. The molecule has 0 heterocycles. The molecule has 1 N–H and O–H groups in total. The Bertz CT molecular complexity index is 610. The molecule has 0 spiro atoms. The topological polar surface area (TPSA) is 38.3 Å². The molecule has 4 heteroatoms. The highest BCUT2D eigenvalue weighted by molar-refractivity contribution is 9.10. The Morgan fingerprint density at radius 1 is 1.24 bits per heavy atom. The van der Waals surface area contributed by atoms with E-state index in [1.807, 2.05) is 48.5 Å². The van der Waals surface area contributed by atoms with Gasteiger partial charge in [-0.25, -0.2) is 0 Å². The summed E-state index contributed by atoms with van der Waals surface area (Å²) in [5, 5.41) is 2.85. The standard InChI is InChI=1S/C17H18BrNO2/c1-3-13-7-9-15(10-8-13)19-17(20)12(2)21-16-6-4-5-14(18)11-16/h4-12H,3H2,1-2H3,(H,19,20). The molecule has 3 nitrogen and oxygen atoms in total. The van der Waals surface area contributed by atoms with Crippen molar-refractivity contribution in [3.63, 3.8) is 0 Å². The molecule has 2 aromatic carbocycles. The van der Waals surface area contributed by atoms with Crippen molar-refractivity contribution < 1.29 is 9.53 Å². The number of anilines is 1. The number of nitrogens with one attached hydrogen (secondary N) is 1. The van der Waals surface area contributed by atoms with E-state index in [0.29, 0.717) is 5.75 Å². The van der Waals surface area contributed by atoms with Crippen molar-refractivity contribution in [2.45, 2.75) is 26.4 Å². The summed E-state index contributed by atoms with van der Waals surface area (Å²) in [6.07, 6.45) is 0.418. The van der Waals surface area contributed by atoms with Crippen LogP contribution in [-0.2, 0) is 11.2 Å². The molecule has 21 heavy (non-hydrogen) atoms. The summed E-state index contributed by atoms with van der Waals surface area (Å²) < 4.78 is 6.55. The van der Waals surface area contributed by atoms with Crippen molar-refractivity contribution in [2.24, 2.45) is 0 Å². The molecule has 1 atom stereocenters. The lowest BCUT2D eigenvalue weighted by molar-refractivity contribution is -0.122. The van der Waals surface area contributed by atoms with E-state index in [1.165, 1.54) is 5.56 Å². The molecule has 0 aliphatic rings. The zero-order valence-electron chi connectivity index (χ0n) is 12.1. The first-order valence-electron chi connectivity index (χ1n) is 6.90. The summed E-state index contributed by atoms with van der Waals surface area (Å²) in [6, 6.07) is 15.3. The van der Waals surface area contributed by atoms with E-state index in [4.69, 9.17) is 4.74 Å². The second-order valence-corrected chi connectivity index (χ2v) is 5.67. The molecule has 0 bridgehead atoms. The number of halogens is 1. The maximum absolute atomic E-state index is 12.1. The molecular weight excluding hydrogens is 330 g/mol. The Balaban J connectivity index is 1.95. The number of carbonyl (C=O) groups excluding carboxylic acids is 1. The lowest BCUT2D eigenvalue weighted by Crippen LogP contribution is -2.30. The SMILES string of the molecule is CCc1ccc(NC(=O)C(C)Oc2cccc(Br)c2)cc1. The average Bonchev–Trinajstić information content (AvgIpc) is 2.48. The van der Waals surface area contributed by atoms with Crippen molar-refractivity contribution in [3.05, 3.63) is 58.6 Å². The lowest BCUT2D eigenvalue weighted by Gasteiger charge is -2.15. The van der Waals surface area contributed by atoms with Gasteiger partial charge in [0.1, 0.15) is 5.75 Å².